The summed E-state index contributed by atoms with van der Waals surface area (Å²) in [5, 5.41) is 0. The van der Waals surface area contributed by atoms with E-state index in [1.807, 2.05) is 0 Å². The normalized spacial score (nSPS) is 41.1. The summed E-state index contributed by atoms with van der Waals surface area (Å²) < 4.78 is 6.03. The van der Waals surface area contributed by atoms with Gasteiger partial charge in [0.1, 0.15) is 0 Å². The van der Waals surface area contributed by atoms with E-state index in [9.17, 15) is 0 Å². The van der Waals surface area contributed by atoms with Crippen molar-refractivity contribution in [3.05, 3.63) is 0 Å². The van der Waals surface area contributed by atoms with E-state index in [4.69, 9.17) is 4.74 Å². The fraction of sp³-hybridized carbons (Fsp3) is 1.00. The van der Waals surface area contributed by atoms with Crippen molar-refractivity contribution in [2.75, 3.05) is 32.8 Å². The maximum Gasteiger partial charge on any atom is 0.0781 e. The number of piperazine rings is 1. The van der Waals surface area contributed by atoms with E-state index in [0.29, 0.717) is 0 Å². The van der Waals surface area contributed by atoms with E-state index in [2.05, 4.69) is 30.6 Å². The zero-order valence-corrected chi connectivity index (χ0v) is 12.9. The molecule has 3 saturated heterocycles. The fourth-order valence-corrected chi connectivity index (χ4v) is 4.31. The molecule has 3 aliphatic rings. The van der Waals surface area contributed by atoms with Crippen molar-refractivity contribution in [3.8, 4) is 0 Å². The van der Waals surface area contributed by atoms with Gasteiger partial charge in [-0.2, -0.15) is 0 Å². The maximum atomic E-state index is 6.03. The minimum atomic E-state index is 0.119. The lowest BCUT2D eigenvalue weighted by Crippen LogP contribution is -2.60. The molecule has 3 aliphatic heterocycles. The summed E-state index contributed by atoms with van der Waals surface area (Å²) >= 11 is 0. The lowest BCUT2D eigenvalue weighted by atomic mass is 9.94. The molecule has 3 atom stereocenters. The molecular formula is C16H30N2O. The molecule has 0 amide bonds. The molecule has 0 aromatic carbocycles. The summed E-state index contributed by atoms with van der Waals surface area (Å²) in [6.07, 6.45) is 5.28. The van der Waals surface area contributed by atoms with E-state index in [1.165, 1.54) is 45.3 Å². The second-order valence-corrected chi connectivity index (χ2v) is 7.43. The molecule has 3 rings (SSSR count). The smallest absolute Gasteiger partial charge is 0.0781 e. The van der Waals surface area contributed by atoms with Crippen LogP contribution in [-0.4, -0.2) is 60.3 Å². The van der Waals surface area contributed by atoms with Crippen molar-refractivity contribution in [2.45, 2.75) is 64.1 Å². The minimum absolute atomic E-state index is 0.119. The number of nitrogens with zero attached hydrogens (tertiary/aromatic N) is 2. The van der Waals surface area contributed by atoms with Gasteiger partial charge in [-0.1, -0.05) is 13.8 Å². The summed E-state index contributed by atoms with van der Waals surface area (Å²) in [7, 11) is 0. The predicted octanol–water partition coefficient (Wildman–Crippen LogP) is 2.36. The molecule has 0 aliphatic carbocycles. The zero-order chi connectivity index (χ0) is 13.5. The van der Waals surface area contributed by atoms with Crippen LogP contribution in [0.5, 0.6) is 0 Å². The quantitative estimate of drug-likeness (QED) is 0.780. The van der Waals surface area contributed by atoms with Gasteiger partial charge in [0.25, 0.3) is 0 Å². The predicted molar refractivity (Wildman–Crippen MR) is 78.4 cm³/mol. The molecule has 0 saturated carbocycles. The van der Waals surface area contributed by atoms with E-state index in [0.717, 1.165) is 31.2 Å². The number of fused-ring (bicyclic) bond motifs is 1. The van der Waals surface area contributed by atoms with Crippen molar-refractivity contribution < 1.29 is 4.74 Å². The molecule has 19 heavy (non-hydrogen) atoms. The van der Waals surface area contributed by atoms with Crippen LogP contribution in [-0.2, 0) is 4.74 Å². The Labute approximate surface area is 118 Å². The second kappa shape index (κ2) is 5.34. The lowest BCUT2D eigenvalue weighted by Gasteiger charge is -2.47. The molecule has 3 nitrogen and oxygen atoms in total. The highest BCUT2D eigenvalue weighted by molar-refractivity contribution is 4.96. The first-order valence-electron chi connectivity index (χ1n) is 8.19. The van der Waals surface area contributed by atoms with Crippen LogP contribution in [0.1, 0.15) is 46.5 Å². The van der Waals surface area contributed by atoms with Crippen LogP contribution < -0.4 is 0 Å². The Morgan fingerprint density at radius 3 is 2.79 bits per heavy atom. The SMILES string of the molecule is CC(C)C1CN2CCCC2CN1CC1(C)CCCO1. The summed E-state index contributed by atoms with van der Waals surface area (Å²) in [6.45, 7) is 13.1. The highest BCUT2D eigenvalue weighted by Crippen LogP contribution is 2.32. The Hall–Kier alpha value is -0.120. The molecule has 0 aromatic heterocycles. The molecule has 3 heteroatoms. The molecule has 0 bridgehead atoms. The maximum absolute atomic E-state index is 6.03. The largest absolute Gasteiger partial charge is 0.374 e. The number of hydrogen-bond acceptors (Lipinski definition) is 3. The van der Waals surface area contributed by atoms with E-state index >= 15 is 0 Å². The molecular weight excluding hydrogens is 236 g/mol. The summed E-state index contributed by atoms with van der Waals surface area (Å²) in [6, 6.07) is 1.54. The molecule has 0 aromatic rings. The molecule has 0 spiro atoms. The molecule has 3 unspecified atom stereocenters. The molecule has 3 fully saturated rings. The summed E-state index contributed by atoms with van der Waals surface area (Å²) in [5.41, 5.74) is 0.119. The Bertz CT molecular complexity index is 312. The fourth-order valence-electron chi connectivity index (χ4n) is 4.31. The second-order valence-electron chi connectivity index (χ2n) is 7.43. The van der Waals surface area contributed by atoms with Crippen LogP contribution in [0.4, 0.5) is 0 Å². The third-order valence-electron chi connectivity index (χ3n) is 5.44. The first-order valence-corrected chi connectivity index (χ1v) is 8.19. The number of hydrogen-bond donors (Lipinski definition) is 0. The highest BCUT2D eigenvalue weighted by atomic mass is 16.5. The van der Waals surface area contributed by atoms with Crippen molar-refractivity contribution in [2.24, 2.45) is 5.92 Å². The standard InChI is InChI=1S/C16H30N2O/c1-13(2)15-11-17-8-4-6-14(17)10-18(15)12-16(3)7-5-9-19-16/h13-15H,4-12H2,1-3H3. The van der Waals surface area contributed by atoms with Crippen molar-refractivity contribution in [1.29, 1.82) is 0 Å². The lowest BCUT2D eigenvalue weighted by molar-refractivity contribution is -0.0510. The average molecular weight is 266 g/mol. The van der Waals surface area contributed by atoms with Gasteiger partial charge in [0.2, 0.25) is 0 Å². The van der Waals surface area contributed by atoms with Crippen LogP contribution >= 0.6 is 0 Å². The summed E-state index contributed by atoms with van der Waals surface area (Å²) in [4.78, 5) is 5.49. The van der Waals surface area contributed by atoms with Crippen LogP contribution in [0.25, 0.3) is 0 Å². The topological polar surface area (TPSA) is 15.7 Å². The monoisotopic (exact) mass is 266 g/mol. The van der Waals surface area contributed by atoms with Crippen molar-refractivity contribution in [3.63, 3.8) is 0 Å². The van der Waals surface area contributed by atoms with Crippen LogP contribution in [0.3, 0.4) is 0 Å². The van der Waals surface area contributed by atoms with Crippen LogP contribution in [0.15, 0.2) is 0 Å². The van der Waals surface area contributed by atoms with Gasteiger partial charge in [-0.25, -0.2) is 0 Å². The molecule has 3 heterocycles. The minimum Gasteiger partial charge on any atom is -0.374 e. The molecule has 110 valence electrons. The number of rotatable bonds is 3. The Balaban J connectivity index is 1.69. The van der Waals surface area contributed by atoms with Gasteiger partial charge >= 0.3 is 0 Å². The van der Waals surface area contributed by atoms with Crippen molar-refractivity contribution in [1.82, 2.24) is 9.80 Å². The van der Waals surface area contributed by atoms with Crippen LogP contribution in [0.2, 0.25) is 0 Å². The highest BCUT2D eigenvalue weighted by Gasteiger charge is 2.41. The number of ether oxygens (including phenoxy) is 1. The van der Waals surface area contributed by atoms with Crippen LogP contribution in [0, 0.1) is 5.92 Å². The van der Waals surface area contributed by atoms with Gasteiger partial charge in [0, 0.05) is 38.3 Å². The molecule has 0 N–H and O–H groups in total. The Morgan fingerprint density at radius 2 is 2.11 bits per heavy atom. The van der Waals surface area contributed by atoms with E-state index < -0.39 is 0 Å². The van der Waals surface area contributed by atoms with Crippen molar-refractivity contribution >= 4 is 0 Å². The Kier molecular flexibility index (Phi) is 3.89. The van der Waals surface area contributed by atoms with Gasteiger partial charge in [0.05, 0.1) is 5.60 Å². The van der Waals surface area contributed by atoms with Gasteiger partial charge in [0.15, 0.2) is 0 Å². The van der Waals surface area contributed by atoms with Gasteiger partial charge in [-0.15, -0.1) is 0 Å². The van der Waals surface area contributed by atoms with Gasteiger partial charge < -0.3 is 4.74 Å². The zero-order valence-electron chi connectivity index (χ0n) is 12.9. The van der Waals surface area contributed by atoms with Gasteiger partial charge in [-0.3, -0.25) is 9.80 Å². The third-order valence-corrected chi connectivity index (χ3v) is 5.44. The third kappa shape index (κ3) is 2.84. The average Bonchev–Trinajstić information content (AvgIpc) is 2.96. The first-order chi connectivity index (χ1) is 9.07. The first kappa shape index (κ1) is 13.8. The molecule has 0 radical (unpaired) electrons. The van der Waals surface area contributed by atoms with E-state index in [1.54, 1.807) is 0 Å². The van der Waals surface area contributed by atoms with Gasteiger partial charge in [-0.05, 0) is 45.1 Å². The summed E-state index contributed by atoms with van der Waals surface area (Å²) in [5.74, 6) is 0.742. The van der Waals surface area contributed by atoms with E-state index in [-0.39, 0.29) is 5.60 Å². The Morgan fingerprint density at radius 1 is 1.26 bits per heavy atom.